The predicted molar refractivity (Wildman–Crippen MR) is 213 cm³/mol. The molecule has 4 fully saturated rings. The van der Waals surface area contributed by atoms with Crippen LogP contribution in [0.2, 0.25) is 0 Å². The van der Waals surface area contributed by atoms with Gasteiger partial charge in [0.2, 0.25) is 21.8 Å². The van der Waals surface area contributed by atoms with Gasteiger partial charge in [0.05, 0.1) is 23.0 Å². The summed E-state index contributed by atoms with van der Waals surface area (Å²) in [6.45, 7) is 7.96. The number of rotatable bonds is 7. The fraction of sp³-hybridized carbons (Fsp3) is 0.525. The summed E-state index contributed by atoms with van der Waals surface area (Å²) in [4.78, 5) is 65.2. The fourth-order valence-electron chi connectivity index (χ4n) is 8.48. The van der Waals surface area contributed by atoms with E-state index in [1.165, 1.54) is 34.4 Å². The standard InChI is InChI=1S/C40H48N6O8S2/c1-4-24-19-40(24,37(51)45-56(52,53)26-12-13-26)44-35(49)29-16-25-20-46(29)36(50)34(22-9-6-5-7-10-22)43-38-42-32(21-55-38)39(2,3)14-8-11-23-15-27-28(17-30(23)47)41-33(48)18-31(27)54-25/h4,8,11,15,17-18,21-22,24-26,29,34,47H,1,5-7,9-10,12-14,16,19-20H2,2-3H3,(H,41,48)(H,42,43)(H,44,49)(H,45,51)/b11-8+/t24-,25-,29+,34+,40-/m1/s1. The second kappa shape index (κ2) is 14.4. The van der Waals surface area contributed by atoms with Crippen LogP contribution >= 0.6 is 11.3 Å². The van der Waals surface area contributed by atoms with E-state index in [0.717, 1.165) is 37.8 Å². The number of ether oxygens (including phenoxy) is 1. The summed E-state index contributed by atoms with van der Waals surface area (Å²) >= 11 is 1.42. The van der Waals surface area contributed by atoms with Crippen molar-refractivity contribution in [3.63, 3.8) is 0 Å². The van der Waals surface area contributed by atoms with Crippen LogP contribution in [0.3, 0.4) is 0 Å². The first-order valence-electron chi connectivity index (χ1n) is 19.4. The smallest absolute Gasteiger partial charge is 0.259 e. The van der Waals surface area contributed by atoms with E-state index in [-0.39, 0.29) is 42.7 Å². The van der Waals surface area contributed by atoms with Crippen LogP contribution in [0.1, 0.15) is 89.3 Å². The number of anilines is 1. The van der Waals surface area contributed by atoms with Crippen molar-refractivity contribution in [1.29, 1.82) is 0 Å². The fourth-order valence-corrected chi connectivity index (χ4v) is 10.8. The maximum Gasteiger partial charge on any atom is 0.259 e. The molecule has 8 rings (SSSR count). The monoisotopic (exact) mass is 804 g/mol. The zero-order chi connectivity index (χ0) is 39.6. The molecule has 5 N–H and O–H groups in total. The number of allylic oxidation sites excluding steroid dienone is 1. The summed E-state index contributed by atoms with van der Waals surface area (Å²) in [7, 11) is -3.90. The van der Waals surface area contributed by atoms with Gasteiger partial charge in [-0.2, -0.15) is 0 Å². The molecule has 0 radical (unpaired) electrons. The van der Waals surface area contributed by atoms with Gasteiger partial charge in [-0.3, -0.25) is 23.9 Å². The molecule has 16 heteroatoms. The van der Waals surface area contributed by atoms with Crippen molar-refractivity contribution < 1.29 is 32.6 Å². The number of hydrogen-bond acceptors (Lipinski definition) is 11. The number of thiazole rings is 1. The molecule has 3 aliphatic carbocycles. The lowest BCUT2D eigenvalue weighted by Gasteiger charge is -2.35. The molecule has 1 saturated heterocycles. The van der Waals surface area contributed by atoms with Crippen LogP contribution in [-0.4, -0.2) is 81.6 Å². The van der Waals surface area contributed by atoms with E-state index >= 15 is 4.79 Å². The van der Waals surface area contributed by atoms with E-state index in [1.54, 1.807) is 6.07 Å². The Kier molecular flexibility index (Phi) is 9.79. The quantitative estimate of drug-likeness (QED) is 0.213. The van der Waals surface area contributed by atoms with Crippen LogP contribution in [0.5, 0.6) is 11.5 Å². The van der Waals surface area contributed by atoms with Gasteiger partial charge in [0, 0.05) is 46.2 Å². The number of sulfonamides is 1. The largest absolute Gasteiger partial charge is 0.507 e. The Bertz CT molecular complexity index is 2290. The van der Waals surface area contributed by atoms with E-state index in [0.29, 0.717) is 40.9 Å². The van der Waals surface area contributed by atoms with Gasteiger partial charge < -0.3 is 30.4 Å². The normalized spacial score (nSPS) is 28.4. The van der Waals surface area contributed by atoms with E-state index in [2.05, 4.69) is 40.8 Å². The first-order valence-corrected chi connectivity index (χ1v) is 21.9. The molecular formula is C40H48N6O8S2. The highest BCUT2D eigenvalue weighted by Gasteiger charge is 2.62. The van der Waals surface area contributed by atoms with Crippen LogP contribution in [0, 0.1) is 11.8 Å². The minimum Gasteiger partial charge on any atom is -0.507 e. The van der Waals surface area contributed by atoms with E-state index in [1.807, 2.05) is 17.5 Å². The first kappa shape index (κ1) is 38.2. The van der Waals surface area contributed by atoms with Crippen LogP contribution < -0.4 is 25.7 Å². The number of H-pyrrole nitrogens is 1. The zero-order valence-electron chi connectivity index (χ0n) is 31.5. The molecule has 14 nitrogen and oxygen atoms in total. The van der Waals surface area contributed by atoms with Crippen LogP contribution in [0.15, 0.2) is 47.1 Å². The minimum atomic E-state index is -3.90. The van der Waals surface area contributed by atoms with Gasteiger partial charge in [0.25, 0.3) is 11.5 Å². The molecule has 0 unspecified atom stereocenters. The maximum absolute atomic E-state index is 15.0. The molecule has 298 valence electrons. The lowest BCUT2D eigenvalue weighted by molar-refractivity contribution is -0.141. The van der Waals surface area contributed by atoms with Crippen molar-refractivity contribution in [1.82, 2.24) is 24.9 Å². The van der Waals surface area contributed by atoms with Gasteiger partial charge in [-0.25, -0.2) is 13.4 Å². The Hall–Kier alpha value is -4.70. The Morgan fingerprint density at radius 1 is 1.12 bits per heavy atom. The minimum absolute atomic E-state index is 0.00273. The van der Waals surface area contributed by atoms with Gasteiger partial charge in [-0.15, -0.1) is 17.9 Å². The molecule has 3 aromatic rings. The number of aromatic nitrogens is 2. The lowest BCUT2D eigenvalue weighted by Crippen LogP contribution is -2.58. The number of nitrogens with zero attached hydrogens (tertiary/aromatic N) is 2. The van der Waals surface area contributed by atoms with E-state index in [4.69, 9.17) is 9.72 Å². The van der Waals surface area contributed by atoms with Crippen LogP contribution in [0.25, 0.3) is 17.0 Å². The zero-order valence-corrected chi connectivity index (χ0v) is 33.1. The van der Waals surface area contributed by atoms with E-state index < -0.39 is 67.7 Å². The van der Waals surface area contributed by atoms with Crippen molar-refractivity contribution in [2.45, 2.75) is 112 Å². The third-order valence-electron chi connectivity index (χ3n) is 12.1. The lowest BCUT2D eigenvalue weighted by atomic mass is 9.83. The number of phenols is 1. The molecule has 4 heterocycles. The number of fused-ring (bicyclic) bond motifs is 5. The van der Waals surface area contributed by atoms with Crippen molar-refractivity contribution in [3.8, 4) is 11.5 Å². The third kappa shape index (κ3) is 7.33. The number of carbonyl (C=O) groups excluding carboxylic acids is 3. The summed E-state index contributed by atoms with van der Waals surface area (Å²) in [6, 6.07) is 2.71. The van der Waals surface area contributed by atoms with Gasteiger partial charge in [-0.1, -0.05) is 51.3 Å². The molecule has 5 atom stereocenters. The number of aromatic hydroxyl groups is 1. The predicted octanol–water partition coefficient (Wildman–Crippen LogP) is 4.46. The van der Waals surface area contributed by atoms with Gasteiger partial charge in [0.1, 0.15) is 35.2 Å². The van der Waals surface area contributed by atoms with Crippen LogP contribution in [-0.2, 0) is 29.8 Å². The highest BCUT2D eigenvalue weighted by Crippen LogP contribution is 2.46. The highest BCUT2D eigenvalue weighted by atomic mass is 32.2. The van der Waals surface area contributed by atoms with Crippen molar-refractivity contribution in [3.05, 3.63) is 63.9 Å². The molecule has 3 saturated carbocycles. The second-order valence-electron chi connectivity index (χ2n) is 16.7. The third-order valence-corrected chi connectivity index (χ3v) is 14.7. The number of hydrogen-bond donors (Lipinski definition) is 5. The summed E-state index contributed by atoms with van der Waals surface area (Å²) < 4.78 is 34.3. The molecule has 56 heavy (non-hydrogen) atoms. The van der Waals surface area contributed by atoms with Crippen molar-refractivity contribution in [2.24, 2.45) is 11.8 Å². The van der Waals surface area contributed by atoms with E-state index in [9.17, 15) is 27.9 Å². The molecule has 5 aliphatic rings. The number of pyridine rings is 1. The van der Waals surface area contributed by atoms with Crippen molar-refractivity contribution >= 4 is 61.2 Å². The highest BCUT2D eigenvalue weighted by molar-refractivity contribution is 7.91. The number of benzene rings is 1. The number of nitrogens with one attached hydrogen (secondary N) is 4. The Labute approximate surface area is 329 Å². The molecule has 2 aliphatic heterocycles. The summed E-state index contributed by atoms with van der Waals surface area (Å²) in [5, 5.41) is 19.7. The van der Waals surface area contributed by atoms with Gasteiger partial charge in [0.15, 0.2) is 5.13 Å². The molecule has 3 amide bonds. The first-order chi connectivity index (χ1) is 26.7. The number of aromatic amines is 1. The van der Waals surface area contributed by atoms with Gasteiger partial charge in [-0.05, 0) is 50.5 Å². The molecule has 2 aromatic heterocycles. The molecule has 6 bridgehead atoms. The second-order valence-corrected chi connectivity index (χ2v) is 19.5. The average Bonchev–Trinajstić information content (AvgIpc) is 4.04. The number of amides is 3. The molecule has 0 spiro atoms. The SMILES string of the molecule is C=C[C@@H]1C[C@]1(NC(=O)[C@@H]1C[C@@H]2CN1C(=O)[C@H](C1CCCCC1)Nc1nc(cs1)C(C)(C)C/C=C/c1cc3c(cc(=O)[nH]c3cc1O)O2)C(=O)NS(=O)(=O)C1CC1. The summed E-state index contributed by atoms with van der Waals surface area (Å²) in [6.07, 6.45) is 10.9. The molecular weight excluding hydrogens is 757 g/mol. The Balaban J connectivity index is 1.18. The Morgan fingerprint density at radius 3 is 2.61 bits per heavy atom. The Morgan fingerprint density at radius 2 is 1.89 bits per heavy atom. The van der Waals surface area contributed by atoms with Gasteiger partial charge >= 0.3 is 0 Å². The summed E-state index contributed by atoms with van der Waals surface area (Å²) in [5.74, 6) is -2.10. The number of carbonyl (C=O) groups is 3. The summed E-state index contributed by atoms with van der Waals surface area (Å²) in [5.41, 5.74) is -0.689. The maximum atomic E-state index is 15.0. The topological polar surface area (TPSA) is 200 Å². The van der Waals surface area contributed by atoms with Crippen LogP contribution in [0.4, 0.5) is 5.13 Å². The van der Waals surface area contributed by atoms with Crippen molar-refractivity contribution in [2.75, 3.05) is 11.9 Å². The average molecular weight is 805 g/mol. The molecule has 1 aromatic carbocycles. The number of phenolic OH excluding ortho intramolecular Hbond substituents is 1.